The molecule has 1 unspecified atom stereocenters. The normalized spacial score (nSPS) is 12.1. The summed E-state index contributed by atoms with van der Waals surface area (Å²) in [6, 6.07) is 15.2. The van der Waals surface area contributed by atoms with Gasteiger partial charge >= 0.3 is 0 Å². The Hall–Kier alpha value is -1.53. The highest BCUT2D eigenvalue weighted by atomic mass is 31.1. The van der Waals surface area contributed by atoms with Crippen molar-refractivity contribution in [3.05, 3.63) is 59.7 Å². The minimum absolute atomic E-state index is 0.694. The molecule has 88 valence electrons. The van der Waals surface area contributed by atoms with Crippen LogP contribution in [0, 0.1) is 13.8 Å². The molecule has 3 heteroatoms. The molecule has 0 N–H and O–H groups in total. The van der Waals surface area contributed by atoms with Crippen molar-refractivity contribution in [3.8, 4) is 5.75 Å². The number of hydrogen-bond donors (Lipinski definition) is 0. The summed E-state index contributed by atoms with van der Waals surface area (Å²) >= 11 is 0. The second-order valence-electron chi connectivity index (χ2n) is 3.97. The Bertz CT molecular complexity index is 549. The topological polar surface area (TPSA) is 26.3 Å². The molecule has 0 radical (unpaired) electrons. The second kappa shape index (κ2) is 5.20. The summed E-state index contributed by atoms with van der Waals surface area (Å²) in [5.41, 5.74) is 2.00. The molecule has 1 atom stereocenters. The van der Waals surface area contributed by atoms with Crippen LogP contribution in [0.3, 0.4) is 0 Å². The predicted octanol–water partition coefficient (Wildman–Crippen LogP) is 3.48. The first-order chi connectivity index (χ1) is 8.18. The van der Waals surface area contributed by atoms with Crippen LogP contribution in [0.1, 0.15) is 11.1 Å². The van der Waals surface area contributed by atoms with Crippen LogP contribution < -0.4 is 9.83 Å². The van der Waals surface area contributed by atoms with E-state index in [1.165, 1.54) is 0 Å². The molecule has 2 aromatic rings. The maximum atomic E-state index is 12.2. The second-order valence-corrected chi connectivity index (χ2v) is 5.29. The lowest BCUT2D eigenvalue weighted by Crippen LogP contribution is -2.04. The van der Waals surface area contributed by atoms with Gasteiger partial charge in [-0.25, -0.2) is 0 Å². The number of rotatable bonds is 3. The molecule has 0 aliphatic carbocycles. The van der Waals surface area contributed by atoms with Gasteiger partial charge in [-0.1, -0.05) is 36.4 Å². The lowest BCUT2D eigenvalue weighted by molar-refractivity contribution is 0.512. The highest BCUT2D eigenvalue weighted by Crippen LogP contribution is 2.29. The molecular weight excluding hydrogens is 231 g/mol. The largest absolute Gasteiger partial charge is 0.441 e. The van der Waals surface area contributed by atoms with E-state index < -0.39 is 8.03 Å². The van der Waals surface area contributed by atoms with Crippen LogP contribution >= 0.6 is 8.03 Å². The third kappa shape index (κ3) is 2.78. The molecule has 0 aliphatic rings. The maximum absolute atomic E-state index is 12.2. The summed E-state index contributed by atoms with van der Waals surface area (Å²) in [6.45, 7) is 3.89. The third-order valence-corrected chi connectivity index (χ3v) is 4.07. The Morgan fingerprint density at radius 3 is 2.12 bits per heavy atom. The fourth-order valence-corrected chi connectivity index (χ4v) is 2.80. The van der Waals surface area contributed by atoms with Crippen LogP contribution in [0.4, 0.5) is 0 Å². The number of benzene rings is 2. The molecule has 2 rings (SSSR count). The van der Waals surface area contributed by atoms with Gasteiger partial charge in [0.05, 0.1) is 0 Å². The molecule has 0 heterocycles. The van der Waals surface area contributed by atoms with Crippen LogP contribution in [-0.4, -0.2) is 0 Å². The smallest absolute Gasteiger partial charge is 0.266 e. The first-order valence-electron chi connectivity index (χ1n) is 5.52. The van der Waals surface area contributed by atoms with E-state index >= 15 is 0 Å². The van der Waals surface area contributed by atoms with Gasteiger partial charge in [-0.05, 0) is 37.1 Å². The van der Waals surface area contributed by atoms with Crippen molar-refractivity contribution >= 4 is 13.3 Å². The van der Waals surface area contributed by atoms with Crippen molar-refractivity contribution in [1.82, 2.24) is 0 Å². The Labute approximate surface area is 102 Å². The van der Waals surface area contributed by atoms with Crippen molar-refractivity contribution in [3.63, 3.8) is 0 Å². The van der Waals surface area contributed by atoms with Gasteiger partial charge in [0.2, 0.25) is 0 Å². The van der Waals surface area contributed by atoms with E-state index in [2.05, 4.69) is 0 Å². The molecule has 2 aromatic carbocycles. The van der Waals surface area contributed by atoms with Crippen LogP contribution in [-0.2, 0) is 4.57 Å². The van der Waals surface area contributed by atoms with E-state index in [1.807, 2.05) is 62.4 Å². The molecule has 17 heavy (non-hydrogen) atoms. The molecule has 0 bridgehead atoms. The maximum Gasteiger partial charge on any atom is 0.266 e. The fourth-order valence-electron chi connectivity index (χ4n) is 1.63. The Balaban J connectivity index is 2.24. The predicted molar refractivity (Wildman–Crippen MR) is 71.6 cm³/mol. The van der Waals surface area contributed by atoms with Crippen molar-refractivity contribution in [2.75, 3.05) is 0 Å². The van der Waals surface area contributed by atoms with Crippen molar-refractivity contribution in [2.24, 2.45) is 0 Å². The third-order valence-electron chi connectivity index (χ3n) is 2.66. The molecule has 0 saturated heterocycles. The Kier molecular flexibility index (Phi) is 3.65. The average molecular weight is 246 g/mol. The van der Waals surface area contributed by atoms with Gasteiger partial charge in [-0.15, -0.1) is 0 Å². The summed E-state index contributed by atoms with van der Waals surface area (Å²) in [5.74, 6) is 0.694. The van der Waals surface area contributed by atoms with Crippen LogP contribution in [0.2, 0.25) is 0 Å². The van der Waals surface area contributed by atoms with Crippen molar-refractivity contribution in [2.45, 2.75) is 13.8 Å². The molecule has 0 aliphatic heterocycles. The number of aryl methyl sites for hydroxylation is 2. The highest BCUT2D eigenvalue weighted by Gasteiger charge is 2.09. The van der Waals surface area contributed by atoms with Gasteiger partial charge in [0.1, 0.15) is 5.75 Å². The summed E-state index contributed by atoms with van der Waals surface area (Å²) in [7, 11) is -2.22. The highest BCUT2D eigenvalue weighted by molar-refractivity contribution is 7.48. The van der Waals surface area contributed by atoms with Gasteiger partial charge in [-0.3, -0.25) is 4.57 Å². The van der Waals surface area contributed by atoms with E-state index in [1.54, 1.807) is 0 Å². The van der Waals surface area contributed by atoms with Gasteiger partial charge in [0.25, 0.3) is 8.03 Å². The van der Waals surface area contributed by atoms with Gasteiger partial charge < -0.3 is 4.52 Å². The molecular formula is C14H15O2P. The number of para-hydroxylation sites is 1. The zero-order valence-electron chi connectivity index (χ0n) is 9.94. The van der Waals surface area contributed by atoms with E-state index in [0.717, 1.165) is 16.4 Å². The van der Waals surface area contributed by atoms with E-state index in [4.69, 9.17) is 4.52 Å². The van der Waals surface area contributed by atoms with Crippen LogP contribution in [0.5, 0.6) is 5.75 Å². The zero-order chi connectivity index (χ0) is 12.3. The lowest BCUT2D eigenvalue weighted by atomic mass is 10.2. The van der Waals surface area contributed by atoms with Crippen molar-refractivity contribution < 1.29 is 9.09 Å². The van der Waals surface area contributed by atoms with Gasteiger partial charge in [0, 0.05) is 5.30 Å². The van der Waals surface area contributed by atoms with Gasteiger partial charge in [0.15, 0.2) is 0 Å². The first-order valence-corrected chi connectivity index (χ1v) is 6.83. The molecule has 0 spiro atoms. The van der Waals surface area contributed by atoms with Crippen LogP contribution in [0.25, 0.3) is 0 Å². The first kappa shape index (κ1) is 11.9. The Morgan fingerprint density at radius 2 is 1.47 bits per heavy atom. The molecule has 2 nitrogen and oxygen atoms in total. The van der Waals surface area contributed by atoms with E-state index in [0.29, 0.717) is 5.75 Å². The minimum Gasteiger partial charge on any atom is -0.441 e. The monoisotopic (exact) mass is 246 g/mol. The lowest BCUT2D eigenvalue weighted by Gasteiger charge is -2.10. The average Bonchev–Trinajstić information content (AvgIpc) is 2.32. The molecule has 0 aromatic heterocycles. The summed E-state index contributed by atoms with van der Waals surface area (Å²) in [6.07, 6.45) is 0. The van der Waals surface area contributed by atoms with E-state index in [9.17, 15) is 4.57 Å². The quantitative estimate of drug-likeness (QED) is 0.775. The van der Waals surface area contributed by atoms with Gasteiger partial charge in [-0.2, -0.15) is 0 Å². The summed E-state index contributed by atoms with van der Waals surface area (Å²) < 4.78 is 17.7. The van der Waals surface area contributed by atoms with Crippen molar-refractivity contribution in [1.29, 1.82) is 0 Å². The molecule has 0 amide bonds. The Morgan fingerprint density at radius 1 is 0.882 bits per heavy atom. The SMILES string of the molecule is Cc1ccccc1O[PH](=O)c1ccccc1C. The van der Waals surface area contributed by atoms with E-state index in [-0.39, 0.29) is 0 Å². The molecule has 0 saturated carbocycles. The summed E-state index contributed by atoms with van der Waals surface area (Å²) in [4.78, 5) is 0. The zero-order valence-corrected chi connectivity index (χ0v) is 10.9. The van der Waals surface area contributed by atoms with Crippen LogP contribution in [0.15, 0.2) is 48.5 Å². The fraction of sp³-hybridized carbons (Fsp3) is 0.143. The number of hydrogen-bond acceptors (Lipinski definition) is 2. The molecule has 0 fully saturated rings. The standard InChI is InChI=1S/C14H15O2P/c1-11-7-3-5-9-13(11)16-17(15)14-10-6-4-8-12(14)2/h3-10,17H,1-2H3. The summed E-state index contributed by atoms with van der Waals surface area (Å²) in [5, 5.41) is 0.792. The minimum atomic E-state index is -2.22.